The minimum atomic E-state index is -0.686. The number of methoxy groups -OCH3 is 2. The Morgan fingerprint density at radius 2 is 1.69 bits per heavy atom. The summed E-state index contributed by atoms with van der Waals surface area (Å²) in [5, 5.41) is 13.0. The molecule has 2 aliphatic heterocycles. The Labute approximate surface area is 222 Å². The molecule has 0 amide bonds. The maximum absolute atomic E-state index is 11.9. The van der Waals surface area contributed by atoms with Gasteiger partial charge in [0.25, 0.3) is 0 Å². The molecule has 6 nitrogen and oxygen atoms in total. The van der Waals surface area contributed by atoms with Gasteiger partial charge in [0.1, 0.15) is 6.23 Å². The summed E-state index contributed by atoms with van der Waals surface area (Å²) in [6, 6.07) is 12.4. The molecule has 8 heteroatoms. The Balaban J connectivity index is 1.47. The molecule has 190 valence electrons. The molecule has 0 spiro atoms. The van der Waals surface area contributed by atoms with E-state index in [1.165, 1.54) is 16.7 Å². The molecule has 2 aromatic carbocycles. The number of rotatable bonds is 6. The lowest BCUT2D eigenvalue weighted by molar-refractivity contribution is -0.0888. The van der Waals surface area contributed by atoms with Gasteiger partial charge < -0.3 is 14.6 Å². The molecule has 3 aromatic rings. The highest BCUT2D eigenvalue weighted by Gasteiger charge is 2.39. The monoisotopic (exact) mass is 527 g/mol. The summed E-state index contributed by atoms with van der Waals surface area (Å²) in [4.78, 5) is 8.58. The Bertz CT molecular complexity index is 1230. The van der Waals surface area contributed by atoms with Crippen molar-refractivity contribution < 1.29 is 14.6 Å². The molecule has 36 heavy (non-hydrogen) atoms. The van der Waals surface area contributed by atoms with Crippen molar-refractivity contribution in [2.75, 3.05) is 20.8 Å². The van der Waals surface area contributed by atoms with Gasteiger partial charge >= 0.3 is 0 Å². The molecule has 1 aromatic heterocycles. The van der Waals surface area contributed by atoms with Crippen LogP contribution in [0.5, 0.6) is 11.5 Å². The van der Waals surface area contributed by atoms with Gasteiger partial charge in [0.2, 0.25) is 0 Å². The lowest BCUT2D eigenvalue weighted by atomic mass is 9.89. The van der Waals surface area contributed by atoms with E-state index in [0.717, 1.165) is 36.3 Å². The number of ether oxygens (including phenoxy) is 2. The van der Waals surface area contributed by atoms with Crippen molar-refractivity contribution in [3.8, 4) is 11.5 Å². The van der Waals surface area contributed by atoms with Crippen LogP contribution in [0.15, 0.2) is 48.8 Å². The van der Waals surface area contributed by atoms with Gasteiger partial charge in [0.05, 0.1) is 30.3 Å². The number of nitrogens with zero attached hydrogens (tertiary/aromatic N) is 3. The first kappa shape index (κ1) is 25.3. The highest BCUT2D eigenvalue weighted by atomic mass is 35.5. The minimum absolute atomic E-state index is 0.00989. The average Bonchev–Trinajstić information content (AvgIpc) is 2.89. The van der Waals surface area contributed by atoms with Crippen LogP contribution < -0.4 is 9.47 Å². The molecule has 0 saturated carbocycles. The number of hydrogen-bond acceptors (Lipinski definition) is 6. The predicted octanol–water partition coefficient (Wildman–Crippen LogP) is 5.27. The average molecular weight is 528 g/mol. The fourth-order valence-corrected chi connectivity index (χ4v) is 6.09. The van der Waals surface area contributed by atoms with Gasteiger partial charge in [0.15, 0.2) is 11.5 Å². The lowest BCUT2D eigenvalue weighted by Gasteiger charge is -2.46. The molecule has 3 heterocycles. The molecule has 0 radical (unpaired) electrons. The zero-order valence-corrected chi connectivity index (χ0v) is 22.3. The maximum atomic E-state index is 11.9. The minimum Gasteiger partial charge on any atom is -0.493 e. The van der Waals surface area contributed by atoms with E-state index in [2.05, 4.69) is 52.0 Å². The molecule has 2 aliphatic rings. The van der Waals surface area contributed by atoms with Gasteiger partial charge in [-0.3, -0.25) is 14.8 Å². The first-order valence-corrected chi connectivity index (χ1v) is 12.9. The standard InChI is InChI=1S/C28H31Cl2N3O3/c1-17-21-12-27(36-3)26(35-2)11-19(21)8-9-33(17)28(34)25-10-18-6-4-5-7-20(18)15-32(25)16-22-23(29)13-31-14-24(22)30/h4-7,11-14,17,25,28,34H,8-10,15-16H2,1-3H3. The molecule has 5 rings (SSSR count). The van der Waals surface area contributed by atoms with Gasteiger partial charge in [0, 0.05) is 43.6 Å². The predicted molar refractivity (Wildman–Crippen MR) is 142 cm³/mol. The number of aliphatic hydroxyl groups excluding tert-OH is 1. The third kappa shape index (κ3) is 4.69. The lowest BCUT2D eigenvalue weighted by Crippen LogP contribution is -2.56. The van der Waals surface area contributed by atoms with E-state index in [4.69, 9.17) is 32.7 Å². The molecule has 0 fully saturated rings. The van der Waals surface area contributed by atoms with Gasteiger partial charge in [-0.05, 0) is 54.2 Å². The van der Waals surface area contributed by atoms with Gasteiger partial charge in [-0.25, -0.2) is 0 Å². The fourth-order valence-electron chi connectivity index (χ4n) is 5.61. The Morgan fingerprint density at radius 1 is 1.03 bits per heavy atom. The second-order valence-corrected chi connectivity index (χ2v) is 10.3. The molecule has 1 N–H and O–H groups in total. The summed E-state index contributed by atoms with van der Waals surface area (Å²) in [5.41, 5.74) is 5.74. The third-order valence-electron chi connectivity index (χ3n) is 7.62. The fraction of sp³-hybridized carbons (Fsp3) is 0.393. The summed E-state index contributed by atoms with van der Waals surface area (Å²) in [6.07, 6.45) is 4.12. The SMILES string of the molecule is COc1cc2c(cc1OC)C(C)N(C(O)C1Cc3ccccc3CN1Cc1c(Cl)cncc1Cl)CC2. The molecule has 0 bridgehead atoms. The number of fused-ring (bicyclic) bond motifs is 2. The molecular formula is C28H31Cl2N3O3. The van der Waals surface area contributed by atoms with Crippen LogP contribution in [0.2, 0.25) is 10.0 Å². The van der Waals surface area contributed by atoms with Crippen LogP contribution in [0.25, 0.3) is 0 Å². The molecular weight excluding hydrogens is 497 g/mol. The number of hydrogen-bond donors (Lipinski definition) is 1. The second-order valence-electron chi connectivity index (χ2n) is 9.51. The van der Waals surface area contributed by atoms with Gasteiger partial charge in [-0.15, -0.1) is 0 Å². The maximum Gasteiger partial charge on any atom is 0.161 e. The van der Waals surface area contributed by atoms with E-state index in [-0.39, 0.29) is 12.1 Å². The highest BCUT2D eigenvalue weighted by Crippen LogP contribution is 2.40. The van der Waals surface area contributed by atoms with Gasteiger partial charge in [-0.1, -0.05) is 47.5 Å². The van der Waals surface area contributed by atoms with Crippen LogP contribution in [-0.4, -0.2) is 52.9 Å². The van der Waals surface area contributed by atoms with E-state index in [9.17, 15) is 5.11 Å². The molecule has 0 saturated heterocycles. The Kier molecular flexibility index (Phi) is 7.42. The van der Waals surface area contributed by atoms with Crippen LogP contribution in [-0.2, 0) is 25.9 Å². The van der Waals surface area contributed by atoms with Crippen LogP contribution in [0, 0.1) is 0 Å². The first-order chi connectivity index (χ1) is 17.4. The molecule has 0 aliphatic carbocycles. The Morgan fingerprint density at radius 3 is 2.39 bits per heavy atom. The van der Waals surface area contributed by atoms with E-state index in [1.807, 2.05) is 6.07 Å². The van der Waals surface area contributed by atoms with E-state index >= 15 is 0 Å². The van der Waals surface area contributed by atoms with Gasteiger partial charge in [-0.2, -0.15) is 0 Å². The Hall–Kier alpha value is -2.35. The van der Waals surface area contributed by atoms with Crippen molar-refractivity contribution in [3.63, 3.8) is 0 Å². The smallest absolute Gasteiger partial charge is 0.161 e. The van der Waals surface area contributed by atoms with Crippen molar-refractivity contribution in [1.82, 2.24) is 14.8 Å². The molecule has 3 atom stereocenters. The number of halogens is 2. The summed E-state index contributed by atoms with van der Waals surface area (Å²) in [6.45, 7) is 4.12. The van der Waals surface area contributed by atoms with Crippen molar-refractivity contribution in [1.29, 1.82) is 0 Å². The van der Waals surface area contributed by atoms with E-state index in [0.29, 0.717) is 28.9 Å². The first-order valence-electron chi connectivity index (χ1n) is 12.2. The van der Waals surface area contributed by atoms with Crippen LogP contribution in [0.3, 0.4) is 0 Å². The molecule has 3 unspecified atom stereocenters. The van der Waals surface area contributed by atoms with Crippen LogP contribution in [0.1, 0.15) is 40.8 Å². The van der Waals surface area contributed by atoms with Crippen LogP contribution >= 0.6 is 23.2 Å². The second kappa shape index (κ2) is 10.6. The topological polar surface area (TPSA) is 58.1 Å². The van der Waals surface area contributed by atoms with Crippen LogP contribution in [0.4, 0.5) is 0 Å². The van der Waals surface area contributed by atoms with Crippen molar-refractivity contribution in [2.45, 2.75) is 51.2 Å². The summed E-state index contributed by atoms with van der Waals surface area (Å²) < 4.78 is 11.1. The van der Waals surface area contributed by atoms with E-state index < -0.39 is 6.23 Å². The number of pyridine rings is 1. The number of aliphatic hydroxyl groups is 1. The normalized spacial score (nSPS) is 20.9. The summed E-state index contributed by atoms with van der Waals surface area (Å²) in [5.74, 6) is 1.44. The van der Waals surface area contributed by atoms with Crippen molar-refractivity contribution >= 4 is 23.2 Å². The zero-order valence-electron chi connectivity index (χ0n) is 20.7. The summed E-state index contributed by atoms with van der Waals surface area (Å²) in [7, 11) is 3.31. The van der Waals surface area contributed by atoms with Crippen molar-refractivity contribution in [2.24, 2.45) is 0 Å². The largest absolute Gasteiger partial charge is 0.493 e. The summed E-state index contributed by atoms with van der Waals surface area (Å²) >= 11 is 13.0. The third-order valence-corrected chi connectivity index (χ3v) is 8.27. The van der Waals surface area contributed by atoms with E-state index in [1.54, 1.807) is 26.6 Å². The highest BCUT2D eigenvalue weighted by molar-refractivity contribution is 6.35. The zero-order chi connectivity index (χ0) is 25.4. The quantitative estimate of drug-likeness (QED) is 0.471. The van der Waals surface area contributed by atoms with Crippen molar-refractivity contribution in [3.05, 3.63) is 86.7 Å². The number of aromatic nitrogens is 1. The number of benzene rings is 2.